The van der Waals surface area contributed by atoms with Crippen molar-refractivity contribution in [2.24, 2.45) is 0 Å². The Morgan fingerprint density at radius 1 is 0.944 bits per heavy atom. The van der Waals surface area contributed by atoms with Gasteiger partial charge in [0, 0.05) is 25.2 Å². The Bertz CT molecular complexity index is 572. The lowest BCUT2D eigenvalue weighted by molar-refractivity contribution is 1.37. The van der Waals surface area contributed by atoms with Gasteiger partial charge < -0.3 is 0 Å². The van der Waals surface area contributed by atoms with Gasteiger partial charge in [-0.1, -0.05) is 56.8 Å². The van der Waals surface area contributed by atoms with Crippen LogP contribution in [0, 0.1) is 0 Å². The zero-order chi connectivity index (χ0) is 13.1. The van der Waals surface area contributed by atoms with E-state index in [0.29, 0.717) is 10.0 Å². The summed E-state index contributed by atoms with van der Waals surface area (Å²) in [6, 6.07) is 11.3. The maximum atomic E-state index is 6.16. The number of hydrogen-bond acceptors (Lipinski definition) is 1. The lowest BCUT2D eigenvalue weighted by atomic mass is 10.2. The highest BCUT2D eigenvalue weighted by Crippen LogP contribution is 2.34. The van der Waals surface area contributed by atoms with E-state index >= 15 is 0 Å². The smallest absolute Gasteiger partial charge is 0.0543 e. The monoisotopic (exact) mass is 380 g/mol. The molecule has 0 amide bonds. The Morgan fingerprint density at radius 3 is 2.44 bits per heavy atom. The predicted octanol–water partition coefficient (Wildman–Crippen LogP) is 6.70. The molecule has 0 aliphatic rings. The highest BCUT2D eigenvalue weighted by Gasteiger charge is 2.05. The SMILES string of the molecule is Clc1ccc(Cl)c(SCc2ccc(Br)cc2Cl)c1. The molecular formula is C13H8BrCl3S. The Morgan fingerprint density at radius 2 is 1.72 bits per heavy atom. The molecule has 0 radical (unpaired) electrons. The fourth-order valence-electron chi connectivity index (χ4n) is 1.38. The van der Waals surface area contributed by atoms with Gasteiger partial charge in [0.15, 0.2) is 0 Å². The normalized spacial score (nSPS) is 10.7. The quantitative estimate of drug-likeness (QED) is 0.532. The third-order valence-electron chi connectivity index (χ3n) is 2.29. The van der Waals surface area contributed by atoms with Crippen molar-refractivity contribution in [1.82, 2.24) is 0 Å². The highest BCUT2D eigenvalue weighted by molar-refractivity contribution is 9.10. The van der Waals surface area contributed by atoms with Gasteiger partial charge in [0.2, 0.25) is 0 Å². The number of thioether (sulfide) groups is 1. The molecule has 18 heavy (non-hydrogen) atoms. The largest absolute Gasteiger partial charge is 0.120 e. The van der Waals surface area contributed by atoms with Crippen LogP contribution in [0.4, 0.5) is 0 Å². The molecule has 0 spiro atoms. The van der Waals surface area contributed by atoms with Gasteiger partial charge in [0.05, 0.1) is 5.02 Å². The Hall–Kier alpha value is 0.140. The summed E-state index contributed by atoms with van der Waals surface area (Å²) < 4.78 is 0.974. The summed E-state index contributed by atoms with van der Waals surface area (Å²) in [4.78, 5) is 0.961. The molecule has 2 aromatic carbocycles. The Balaban J connectivity index is 2.13. The Labute approximate surface area is 134 Å². The highest BCUT2D eigenvalue weighted by atomic mass is 79.9. The lowest BCUT2D eigenvalue weighted by Crippen LogP contribution is -1.83. The first kappa shape index (κ1) is 14.5. The van der Waals surface area contributed by atoms with E-state index in [2.05, 4.69) is 15.9 Å². The van der Waals surface area contributed by atoms with E-state index < -0.39 is 0 Å². The third kappa shape index (κ3) is 3.82. The zero-order valence-corrected chi connectivity index (χ0v) is 13.8. The molecule has 0 fully saturated rings. The van der Waals surface area contributed by atoms with Gasteiger partial charge in [-0.3, -0.25) is 0 Å². The van der Waals surface area contributed by atoms with Gasteiger partial charge in [0.25, 0.3) is 0 Å². The fraction of sp³-hybridized carbons (Fsp3) is 0.0769. The maximum absolute atomic E-state index is 6.16. The van der Waals surface area contributed by atoms with Crippen LogP contribution in [-0.2, 0) is 5.75 Å². The average Bonchev–Trinajstić information content (AvgIpc) is 2.32. The molecule has 0 heterocycles. The molecule has 0 bridgehead atoms. The van der Waals surface area contributed by atoms with Crippen LogP contribution in [0.3, 0.4) is 0 Å². The van der Waals surface area contributed by atoms with Crippen molar-refractivity contribution < 1.29 is 0 Å². The molecule has 5 heteroatoms. The van der Waals surface area contributed by atoms with Gasteiger partial charge in [-0.25, -0.2) is 0 Å². The first-order chi connectivity index (χ1) is 8.56. The fourth-order valence-corrected chi connectivity index (χ4v) is 3.70. The second-order valence-corrected chi connectivity index (χ2v) is 6.78. The van der Waals surface area contributed by atoms with E-state index in [-0.39, 0.29) is 0 Å². The minimum absolute atomic E-state index is 0.684. The summed E-state index contributed by atoms with van der Waals surface area (Å²) in [6.45, 7) is 0. The second-order valence-electron chi connectivity index (χ2n) is 3.60. The topological polar surface area (TPSA) is 0 Å². The summed E-state index contributed by atoms with van der Waals surface area (Å²) in [6.07, 6.45) is 0. The molecule has 0 saturated carbocycles. The molecule has 94 valence electrons. The lowest BCUT2D eigenvalue weighted by Gasteiger charge is -2.07. The van der Waals surface area contributed by atoms with Crippen LogP contribution in [0.5, 0.6) is 0 Å². The molecule has 0 aliphatic heterocycles. The van der Waals surface area contributed by atoms with Gasteiger partial charge in [-0.05, 0) is 35.9 Å². The van der Waals surface area contributed by atoms with E-state index in [1.165, 1.54) is 0 Å². The zero-order valence-electron chi connectivity index (χ0n) is 9.09. The van der Waals surface area contributed by atoms with E-state index in [0.717, 1.165) is 25.7 Å². The molecular weight excluding hydrogens is 374 g/mol. The first-order valence-corrected chi connectivity index (χ1v) is 7.99. The van der Waals surface area contributed by atoms with Crippen molar-refractivity contribution in [2.45, 2.75) is 10.6 Å². The van der Waals surface area contributed by atoms with E-state index in [9.17, 15) is 0 Å². The van der Waals surface area contributed by atoms with Gasteiger partial charge >= 0.3 is 0 Å². The molecule has 0 N–H and O–H groups in total. The second kappa shape index (κ2) is 6.53. The van der Waals surface area contributed by atoms with Crippen LogP contribution < -0.4 is 0 Å². The van der Waals surface area contributed by atoms with Crippen molar-refractivity contribution in [1.29, 1.82) is 0 Å². The summed E-state index contributed by atoms with van der Waals surface area (Å²) in [7, 11) is 0. The van der Waals surface area contributed by atoms with E-state index in [4.69, 9.17) is 34.8 Å². The average molecular weight is 383 g/mol. The third-order valence-corrected chi connectivity index (χ3v) is 4.92. The van der Waals surface area contributed by atoms with E-state index in [1.807, 2.05) is 24.3 Å². The van der Waals surface area contributed by atoms with E-state index in [1.54, 1.807) is 23.9 Å². The molecule has 2 aromatic rings. The van der Waals surface area contributed by atoms with Crippen LogP contribution in [-0.4, -0.2) is 0 Å². The standard InChI is InChI=1S/C13H8BrCl3S/c14-9-2-1-8(12(17)5-9)7-18-13-6-10(15)3-4-11(13)16/h1-6H,7H2. The number of benzene rings is 2. The minimum Gasteiger partial charge on any atom is -0.120 e. The number of halogens is 4. The molecule has 0 atom stereocenters. The summed E-state index contributed by atoms with van der Waals surface area (Å²) in [5.74, 6) is 0.756. The van der Waals surface area contributed by atoms with Gasteiger partial charge in [-0.2, -0.15) is 0 Å². The van der Waals surface area contributed by atoms with Crippen molar-refractivity contribution in [2.75, 3.05) is 0 Å². The van der Waals surface area contributed by atoms with Crippen molar-refractivity contribution in [3.05, 3.63) is 61.5 Å². The van der Waals surface area contributed by atoms with Crippen LogP contribution in [0.15, 0.2) is 45.8 Å². The van der Waals surface area contributed by atoms with Crippen LogP contribution in [0.2, 0.25) is 15.1 Å². The predicted molar refractivity (Wildman–Crippen MR) is 85.2 cm³/mol. The number of rotatable bonds is 3. The summed E-state index contributed by atoms with van der Waals surface area (Å²) >= 11 is 23.2. The van der Waals surface area contributed by atoms with Crippen LogP contribution >= 0.6 is 62.5 Å². The first-order valence-electron chi connectivity index (χ1n) is 5.08. The van der Waals surface area contributed by atoms with Crippen molar-refractivity contribution >= 4 is 62.5 Å². The number of hydrogen-bond donors (Lipinski definition) is 0. The molecule has 0 saturated heterocycles. The summed E-state index contributed by atoms with van der Waals surface area (Å²) in [5.41, 5.74) is 1.07. The molecule has 0 aromatic heterocycles. The van der Waals surface area contributed by atoms with Crippen molar-refractivity contribution in [3.63, 3.8) is 0 Å². The maximum Gasteiger partial charge on any atom is 0.0543 e. The molecule has 2 rings (SSSR count). The van der Waals surface area contributed by atoms with Crippen LogP contribution in [0.1, 0.15) is 5.56 Å². The molecule has 0 nitrogen and oxygen atoms in total. The Kier molecular flexibility index (Phi) is 5.28. The van der Waals surface area contributed by atoms with Gasteiger partial charge in [-0.15, -0.1) is 11.8 Å². The van der Waals surface area contributed by atoms with Gasteiger partial charge in [0.1, 0.15) is 0 Å². The summed E-state index contributed by atoms with van der Waals surface area (Å²) in [5, 5.41) is 2.14. The van der Waals surface area contributed by atoms with Crippen LogP contribution in [0.25, 0.3) is 0 Å². The molecule has 0 unspecified atom stereocenters. The molecule has 0 aliphatic carbocycles. The minimum atomic E-state index is 0.684. The van der Waals surface area contributed by atoms with Crippen molar-refractivity contribution in [3.8, 4) is 0 Å².